The normalized spacial score (nSPS) is 15.2. The molecule has 1 unspecified atom stereocenters. The molecule has 4 heteroatoms. The van der Waals surface area contributed by atoms with Gasteiger partial charge in [-0.2, -0.15) is 0 Å². The topological polar surface area (TPSA) is 55.4 Å². The van der Waals surface area contributed by atoms with Gasteiger partial charge in [-0.25, -0.2) is 0 Å². The summed E-state index contributed by atoms with van der Waals surface area (Å²) in [6.45, 7) is 2.89. The van der Waals surface area contributed by atoms with Crippen LogP contribution in [0.5, 0.6) is 0 Å². The summed E-state index contributed by atoms with van der Waals surface area (Å²) in [4.78, 5) is 27.6. The van der Waals surface area contributed by atoms with E-state index in [-0.39, 0.29) is 11.8 Å². The molecule has 1 N–H and O–H groups in total. The number of fused-ring (bicyclic) bond motifs is 3. The van der Waals surface area contributed by atoms with Gasteiger partial charge in [0.05, 0.1) is 6.04 Å². The van der Waals surface area contributed by atoms with Gasteiger partial charge >= 0.3 is 5.97 Å². The maximum atomic E-state index is 11.6. The van der Waals surface area contributed by atoms with Crippen molar-refractivity contribution < 1.29 is 14.4 Å². The number of ketones is 1. The van der Waals surface area contributed by atoms with Crippen LogP contribution in [0.4, 0.5) is 0 Å². The van der Waals surface area contributed by atoms with E-state index >= 15 is 0 Å². The minimum absolute atomic E-state index is 0.0139. The molecule has 0 fully saturated rings. The molecular weight excluding hydrogens is 266 g/mol. The summed E-state index contributed by atoms with van der Waals surface area (Å²) >= 11 is 0. The van der Waals surface area contributed by atoms with E-state index in [1.807, 2.05) is 42.5 Å². The maximum absolute atomic E-state index is 11.6. The molecule has 0 saturated heterocycles. The maximum Gasteiger partial charge on any atom is 0.321 e. The van der Waals surface area contributed by atoms with E-state index in [0.29, 0.717) is 5.56 Å². The van der Waals surface area contributed by atoms with Crippen LogP contribution < -0.4 is 5.48 Å². The zero-order valence-corrected chi connectivity index (χ0v) is 11.8. The van der Waals surface area contributed by atoms with Crippen molar-refractivity contribution in [1.29, 1.82) is 0 Å². The molecule has 2 aromatic rings. The number of rotatable bonds is 3. The van der Waals surface area contributed by atoms with Crippen molar-refractivity contribution in [2.75, 3.05) is 0 Å². The molecule has 2 aromatic carbocycles. The number of hydrogen-bond acceptors (Lipinski definition) is 4. The van der Waals surface area contributed by atoms with Crippen LogP contribution in [0.1, 0.15) is 41.4 Å². The van der Waals surface area contributed by atoms with E-state index in [1.54, 1.807) is 6.92 Å². The van der Waals surface area contributed by atoms with Crippen molar-refractivity contribution in [2.24, 2.45) is 0 Å². The van der Waals surface area contributed by atoms with Crippen LogP contribution >= 0.6 is 0 Å². The third-order valence-corrected chi connectivity index (χ3v) is 3.65. The van der Waals surface area contributed by atoms with Crippen molar-refractivity contribution >= 4 is 11.8 Å². The van der Waals surface area contributed by atoms with Gasteiger partial charge in [0.1, 0.15) is 0 Å². The molecule has 0 aromatic heterocycles. The zero-order chi connectivity index (χ0) is 15.0. The summed E-state index contributed by atoms with van der Waals surface area (Å²) in [6, 6.07) is 13.3. The third kappa shape index (κ3) is 2.34. The SMILES string of the molecule is CC(=O)ONC1c2ccccc2-c2ccc(C(C)=O)cc21. The number of Topliss-reactive ketones (excluding diaryl/α,β-unsaturated/α-hetero) is 1. The van der Waals surface area contributed by atoms with Gasteiger partial charge in [0.25, 0.3) is 0 Å². The number of carbonyl (C=O) groups is 2. The molecule has 0 heterocycles. The third-order valence-electron chi connectivity index (χ3n) is 3.65. The van der Waals surface area contributed by atoms with Crippen LogP contribution in [-0.4, -0.2) is 11.8 Å². The van der Waals surface area contributed by atoms with Crippen LogP contribution in [0.15, 0.2) is 42.5 Å². The van der Waals surface area contributed by atoms with Crippen LogP contribution in [0.2, 0.25) is 0 Å². The Hall–Kier alpha value is -2.46. The second-order valence-electron chi connectivity index (χ2n) is 5.09. The monoisotopic (exact) mass is 281 g/mol. The Kier molecular flexibility index (Phi) is 3.31. The Balaban J connectivity index is 2.10. The second kappa shape index (κ2) is 5.14. The molecule has 0 spiro atoms. The molecule has 0 radical (unpaired) electrons. The van der Waals surface area contributed by atoms with Gasteiger partial charge in [-0.15, -0.1) is 5.48 Å². The van der Waals surface area contributed by atoms with Crippen LogP contribution in [-0.2, 0) is 9.63 Å². The van der Waals surface area contributed by atoms with Crippen LogP contribution in [0.3, 0.4) is 0 Å². The average molecular weight is 281 g/mol. The van der Waals surface area contributed by atoms with E-state index in [0.717, 1.165) is 22.3 Å². The van der Waals surface area contributed by atoms with Gasteiger partial charge in [-0.05, 0) is 35.2 Å². The van der Waals surface area contributed by atoms with Crippen molar-refractivity contribution in [1.82, 2.24) is 5.48 Å². The highest BCUT2D eigenvalue weighted by Crippen LogP contribution is 2.43. The predicted molar refractivity (Wildman–Crippen MR) is 78.6 cm³/mol. The molecular formula is C17H15NO3. The minimum Gasteiger partial charge on any atom is -0.370 e. The lowest BCUT2D eigenvalue weighted by atomic mass is 10.0. The fraction of sp³-hybridized carbons (Fsp3) is 0.176. The van der Waals surface area contributed by atoms with Crippen LogP contribution in [0.25, 0.3) is 11.1 Å². The number of nitrogens with one attached hydrogen (secondary N) is 1. The first kappa shape index (κ1) is 13.5. The summed E-state index contributed by atoms with van der Waals surface area (Å²) in [7, 11) is 0. The molecule has 1 aliphatic rings. The van der Waals surface area contributed by atoms with Gasteiger partial charge in [0, 0.05) is 12.5 Å². The lowest BCUT2D eigenvalue weighted by Crippen LogP contribution is -2.23. The Morgan fingerprint density at radius 1 is 1.00 bits per heavy atom. The van der Waals surface area contributed by atoms with E-state index in [1.165, 1.54) is 6.92 Å². The van der Waals surface area contributed by atoms with E-state index in [9.17, 15) is 9.59 Å². The number of benzene rings is 2. The van der Waals surface area contributed by atoms with Crippen molar-refractivity contribution in [3.63, 3.8) is 0 Å². The average Bonchev–Trinajstić information content (AvgIpc) is 2.78. The fourth-order valence-corrected chi connectivity index (χ4v) is 2.70. The first-order chi connectivity index (χ1) is 10.1. The number of carbonyl (C=O) groups excluding carboxylic acids is 2. The van der Waals surface area contributed by atoms with Crippen molar-refractivity contribution in [3.8, 4) is 11.1 Å². The van der Waals surface area contributed by atoms with Gasteiger partial charge < -0.3 is 4.84 Å². The lowest BCUT2D eigenvalue weighted by Gasteiger charge is -2.14. The molecule has 1 atom stereocenters. The highest BCUT2D eigenvalue weighted by atomic mass is 16.7. The van der Waals surface area contributed by atoms with E-state index in [4.69, 9.17) is 4.84 Å². The molecule has 3 rings (SSSR count). The highest BCUT2D eigenvalue weighted by Gasteiger charge is 2.29. The summed E-state index contributed by atoms with van der Waals surface area (Å²) < 4.78 is 0. The smallest absolute Gasteiger partial charge is 0.321 e. The Morgan fingerprint density at radius 2 is 1.71 bits per heavy atom. The first-order valence-electron chi connectivity index (χ1n) is 6.75. The summed E-state index contributed by atoms with van der Waals surface area (Å²) in [5.41, 5.74) is 7.58. The first-order valence-corrected chi connectivity index (χ1v) is 6.75. The van der Waals surface area contributed by atoms with Gasteiger partial charge in [0.2, 0.25) is 0 Å². The Morgan fingerprint density at radius 3 is 2.43 bits per heavy atom. The molecule has 4 nitrogen and oxygen atoms in total. The van der Waals surface area contributed by atoms with E-state index < -0.39 is 5.97 Å². The molecule has 0 amide bonds. The van der Waals surface area contributed by atoms with Gasteiger partial charge in [0.15, 0.2) is 5.78 Å². The number of hydrogen-bond donors (Lipinski definition) is 1. The van der Waals surface area contributed by atoms with Gasteiger partial charge in [-0.3, -0.25) is 9.59 Å². The Bertz CT molecular complexity index is 737. The highest BCUT2D eigenvalue weighted by molar-refractivity contribution is 5.95. The molecule has 0 bridgehead atoms. The van der Waals surface area contributed by atoms with Crippen molar-refractivity contribution in [2.45, 2.75) is 19.9 Å². The molecule has 21 heavy (non-hydrogen) atoms. The Labute approximate surface area is 122 Å². The van der Waals surface area contributed by atoms with E-state index in [2.05, 4.69) is 5.48 Å². The standard InChI is InChI=1S/C17H15NO3/c1-10(19)12-7-8-14-13-5-3-4-6-15(13)17(16(14)9-12)18-21-11(2)20/h3-9,17-18H,1-2H3. The minimum atomic E-state index is -0.399. The fourth-order valence-electron chi connectivity index (χ4n) is 2.70. The molecule has 1 aliphatic carbocycles. The quantitative estimate of drug-likeness (QED) is 0.694. The second-order valence-corrected chi connectivity index (χ2v) is 5.09. The van der Waals surface area contributed by atoms with Gasteiger partial charge in [-0.1, -0.05) is 36.4 Å². The number of hydroxylamine groups is 1. The zero-order valence-electron chi connectivity index (χ0n) is 11.8. The summed E-state index contributed by atoms with van der Waals surface area (Å²) in [6.07, 6.45) is 0. The van der Waals surface area contributed by atoms with Crippen molar-refractivity contribution in [3.05, 3.63) is 59.2 Å². The largest absolute Gasteiger partial charge is 0.370 e. The summed E-state index contributed by atoms with van der Waals surface area (Å²) in [5.74, 6) is -0.386. The predicted octanol–water partition coefficient (Wildman–Crippen LogP) is 3.03. The van der Waals surface area contributed by atoms with Crippen LogP contribution in [0, 0.1) is 0 Å². The molecule has 106 valence electrons. The lowest BCUT2D eigenvalue weighted by molar-refractivity contribution is -0.149. The molecule has 0 aliphatic heterocycles. The summed E-state index contributed by atoms with van der Waals surface area (Å²) in [5, 5.41) is 0. The molecule has 0 saturated carbocycles.